The second kappa shape index (κ2) is 10.6. The molecule has 0 saturated carbocycles. The van der Waals surface area contributed by atoms with Crippen molar-refractivity contribution in [2.45, 2.75) is 13.3 Å². The minimum absolute atomic E-state index is 0.0224. The molecule has 2 aliphatic heterocycles. The summed E-state index contributed by atoms with van der Waals surface area (Å²) in [6, 6.07) is 25.2. The lowest BCUT2D eigenvalue weighted by atomic mass is 10.1. The van der Waals surface area contributed by atoms with Gasteiger partial charge < -0.3 is 9.47 Å². The molecule has 0 bridgehead atoms. The van der Waals surface area contributed by atoms with Crippen LogP contribution >= 0.6 is 11.8 Å². The number of carbonyl (C=O) groups excluding carboxylic acids is 1. The fourth-order valence-corrected chi connectivity index (χ4v) is 4.64. The van der Waals surface area contributed by atoms with Crippen molar-refractivity contribution in [2.24, 2.45) is 10.1 Å². The third-order valence-electron chi connectivity index (χ3n) is 5.50. The summed E-state index contributed by atoms with van der Waals surface area (Å²) in [6.45, 7) is 2.86. The van der Waals surface area contributed by atoms with E-state index in [1.165, 1.54) is 16.8 Å². The molecule has 36 heavy (non-hydrogen) atoms. The van der Waals surface area contributed by atoms with Crippen molar-refractivity contribution in [1.29, 1.82) is 5.41 Å². The fraction of sp³-hybridized carbons (Fsp3) is 0.143. The second-order valence-corrected chi connectivity index (χ2v) is 9.30. The standard InChI is InChI=1S/C28H24N4O3S/c1-19-6-5-9-23(16-19)35-15-14-34-22-12-10-21(11-13-22)17-24-26(29)32-28(30-27(24)33)36-25(31-32)18-20-7-3-2-4-8-20/h2-13,16-17,29H,14-15,18H2,1H3. The zero-order valence-corrected chi connectivity index (χ0v) is 20.5. The number of thioether (sulfide) groups is 1. The van der Waals surface area contributed by atoms with E-state index in [1.807, 2.05) is 85.8 Å². The topological polar surface area (TPSA) is 87.3 Å². The first kappa shape index (κ1) is 23.6. The SMILES string of the molecule is Cc1cccc(OCCOc2ccc(C=C3C(=N)N4N=C(Cc5ccccc5)SC4=NC3=O)cc2)c1. The predicted octanol–water partition coefficient (Wildman–Crippen LogP) is 5.31. The number of rotatable bonds is 8. The van der Waals surface area contributed by atoms with E-state index >= 15 is 0 Å². The minimum atomic E-state index is -0.441. The van der Waals surface area contributed by atoms with Crippen LogP contribution in [0, 0.1) is 12.3 Å². The molecule has 2 heterocycles. The molecule has 0 saturated heterocycles. The molecule has 1 amide bonds. The van der Waals surface area contributed by atoms with Crippen molar-refractivity contribution in [3.05, 3.63) is 101 Å². The molecular formula is C28H24N4O3S. The van der Waals surface area contributed by atoms with Gasteiger partial charge in [-0.15, -0.1) is 0 Å². The van der Waals surface area contributed by atoms with Crippen LogP contribution in [-0.2, 0) is 11.2 Å². The molecule has 0 spiro atoms. The molecule has 0 aliphatic carbocycles. The summed E-state index contributed by atoms with van der Waals surface area (Å²) < 4.78 is 11.5. The van der Waals surface area contributed by atoms with E-state index in [9.17, 15) is 4.79 Å². The summed E-state index contributed by atoms with van der Waals surface area (Å²) in [7, 11) is 0. The molecule has 5 rings (SSSR count). The van der Waals surface area contributed by atoms with Gasteiger partial charge in [-0.3, -0.25) is 10.2 Å². The quantitative estimate of drug-likeness (QED) is 0.337. The van der Waals surface area contributed by atoms with Gasteiger partial charge >= 0.3 is 0 Å². The molecule has 0 aromatic heterocycles. The number of amidine groups is 2. The average molecular weight is 497 g/mol. The Kier molecular flexibility index (Phi) is 6.95. The second-order valence-electron chi connectivity index (χ2n) is 8.26. The molecule has 7 nitrogen and oxygen atoms in total. The van der Waals surface area contributed by atoms with Gasteiger partial charge in [0.1, 0.15) is 29.8 Å². The number of hydrazone groups is 1. The molecule has 1 N–H and O–H groups in total. The van der Waals surface area contributed by atoms with E-state index in [1.54, 1.807) is 6.08 Å². The van der Waals surface area contributed by atoms with E-state index in [0.29, 0.717) is 30.6 Å². The maximum Gasteiger partial charge on any atom is 0.283 e. The smallest absolute Gasteiger partial charge is 0.283 e. The van der Waals surface area contributed by atoms with Crippen LogP contribution < -0.4 is 9.47 Å². The van der Waals surface area contributed by atoms with Crippen molar-refractivity contribution < 1.29 is 14.3 Å². The van der Waals surface area contributed by atoms with Crippen LogP contribution in [0.1, 0.15) is 16.7 Å². The first-order valence-corrected chi connectivity index (χ1v) is 12.3. The molecule has 180 valence electrons. The summed E-state index contributed by atoms with van der Waals surface area (Å²) in [6.07, 6.45) is 2.28. The maximum atomic E-state index is 12.7. The number of fused-ring (bicyclic) bond motifs is 1. The maximum absolute atomic E-state index is 12.7. The average Bonchev–Trinajstić information content (AvgIpc) is 3.28. The number of nitrogens with zero attached hydrogens (tertiary/aromatic N) is 3. The molecule has 8 heteroatoms. The lowest BCUT2D eigenvalue weighted by Gasteiger charge is -2.20. The predicted molar refractivity (Wildman–Crippen MR) is 144 cm³/mol. The number of ether oxygens (including phenoxy) is 2. The molecule has 0 atom stereocenters. The third-order valence-corrected chi connectivity index (χ3v) is 6.40. The highest BCUT2D eigenvalue weighted by Crippen LogP contribution is 2.29. The summed E-state index contributed by atoms with van der Waals surface area (Å²) in [5.41, 5.74) is 3.23. The zero-order chi connectivity index (χ0) is 24.9. The van der Waals surface area contributed by atoms with Gasteiger partial charge in [0.05, 0.1) is 5.57 Å². The Morgan fingerprint density at radius 2 is 1.69 bits per heavy atom. The fourth-order valence-electron chi connectivity index (χ4n) is 3.72. The van der Waals surface area contributed by atoms with Crippen LogP contribution in [0.5, 0.6) is 11.5 Å². The lowest BCUT2D eigenvalue weighted by Crippen LogP contribution is -2.35. The first-order chi connectivity index (χ1) is 17.5. The number of aryl methyl sites for hydroxylation is 1. The Labute approximate surface area is 213 Å². The van der Waals surface area contributed by atoms with E-state index in [4.69, 9.17) is 14.9 Å². The van der Waals surface area contributed by atoms with Crippen molar-refractivity contribution in [3.63, 3.8) is 0 Å². The summed E-state index contributed by atoms with van der Waals surface area (Å²) in [5, 5.41) is 15.7. The molecular weight excluding hydrogens is 472 g/mol. The number of carbonyl (C=O) groups is 1. The Morgan fingerprint density at radius 1 is 0.944 bits per heavy atom. The van der Waals surface area contributed by atoms with Gasteiger partial charge in [-0.05, 0) is 65.7 Å². The lowest BCUT2D eigenvalue weighted by molar-refractivity contribution is -0.114. The Morgan fingerprint density at radius 3 is 2.44 bits per heavy atom. The highest BCUT2D eigenvalue weighted by atomic mass is 32.2. The minimum Gasteiger partial charge on any atom is -0.490 e. The van der Waals surface area contributed by atoms with E-state index in [0.717, 1.165) is 27.5 Å². The van der Waals surface area contributed by atoms with Gasteiger partial charge in [0, 0.05) is 6.42 Å². The van der Waals surface area contributed by atoms with Gasteiger partial charge in [-0.2, -0.15) is 15.1 Å². The van der Waals surface area contributed by atoms with E-state index in [-0.39, 0.29) is 11.4 Å². The summed E-state index contributed by atoms with van der Waals surface area (Å²) >= 11 is 1.33. The highest BCUT2D eigenvalue weighted by Gasteiger charge is 2.35. The highest BCUT2D eigenvalue weighted by molar-refractivity contribution is 8.26. The monoisotopic (exact) mass is 496 g/mol. The van der Waals surface area contributed by atoms with Crippen molar-refractivity contribution in [2.75, 3.05) is 13.2 Å². The number of amides is 1. The van der Waals surface area contributed by atoms with Gasteiger partial charge in [0.2, 0.25) is 5.17 Å². The van der Waals surface area contributed by atoms with Crippen LogP contribution in [0.4, 0.5) is 0 Å². The van der Waals surface area contributed by atoms with Crippen molar-refractivity contribution >= 4 is 39.8 Å². The zero-order valence-electron chi connectivity index (χ0n) is 19.7. The number of hydrogen-bond donors (Lipinski definition) is 1. The van der Waals surface area contributed by atoms with E-state index < -0.39 is 5.91 Å². The molecule has 0 unspecified atom stereocenters. The first-order valence-electron chi connectivity index (χ1n) is 11.5. The number of nitrogens with one attached hydrogen (secondary N) is 1. The van der Waals surface area contributed by atoms with Crippen LogP contribution in [0.25, 0.3) is 6.08 Å². The Bertz CT molecular complexity index is 1380. The van der Waals surface area contributed by atoms with Crippen molar-refractivity contribution in [1.82, 2.24) is 5.01 Å². The molecule has 0 radical (unpaired) electrons. The molecule has 0 fully saturated rings. The molecule has 3 aromatic carbocycles. The number of aliphatic imine (C=N–C) groups is 1. The Hall–Kier alpha value is -4.17. The van der Waals surface area contributed by atoms with Gasteiger partial charge in [0.15, 0.2) is 5.84 Å². The summed E-state index contributed by atoms with van der Waals surface area (Å²) in [4.78, 5) is 16.8. The number of hydrogen-bond acceptors (Lipinski definition) is 6. The summed E-state index contributed by atoms with van der Waals surface area (Å²) in [5.74, 6) is 1.10. The molecule has 2 aliphatic rings. The number of benzene rings is 3. The van der Waals surface area contributed by atoms with Gasteiger partial charge in [-0.1, -0.05) is 54.6 Å². The Balaban J connectivity index is 1.20. The molecule has 3 aromatic rings. The van der Waals surface area contributed by atoms with E-state index in [2.05, 4.69) is 10.1 Å². The van der Waals surface area contributed by atoms with Gasteiger partial charge in [-0.25, -0.2) is 0 Å². The third kappa shape index (κ3) is 5.55. The largest absolute Gasteiger partial charge is 0.490 e. The normalized spacial score (nSPS) is 16.0. The van der Waals surface area contributed by atoms with Crippen LogP contribution in [0.2, 0.25) is 0 Å². The van der Waals surface area contributed by atoms with Crippen molar-refractivity contribution in [3.8, 4) is 11.5 Å². The van der Waals surface area contributed by atoms with Crippen LogP contribution in [0.15, 0.2) is 94.5 Å². The van der Waals surface area contributed by atoms with Gasteiger partial charge in [0.25, 0.3) is 5.91 Å². The van der Waals surface area contributed by atoms with Crippen LogP contribution in [-0.4, -0.2) is 40.2 Å². The van der Waals surface area contributed by atoms with Crippen LogP contribution in [0.3, 0.4) is 0 Å².